The summed E-state index contributed by atoms with van der Waals surface area (Å²) < 4.78 is 4.65. The molecule has 3 heteroatoms. The van der Waals surface area contributed by atoms with Crippen molar-refractivity contribution >= 4 is 5.97 Å². The minimum Gasteiger partial charge on any atom is -0.469 e. The van der Waals surface area contributed by atoms with Gasteiger partial charge >= 0.3 is 5.97 Å². The lowest BCUT2D eigenvalue weighted by atomic mass is 9.91. The van der Waals surface area contributed by atoms with E-state index in [1.165, 1.54) is 31.9 Å². The van der Waals surface area contributed by atoms with Crippen molar-refractivity contribution < 1.29 is 14.6 Å². The van der Waals surface area contributed by atoms with Gasteiger partial charge in [0.05, 0.1) is 13.2 Å². The molecule has 1 N–H and O–H groups in total. The van der Waals surface area contributed by atoms with E-state index < -0.39 is 0 Å². The second kappa shape index (κ2) is 12.5. The zero-order valence-electron chi connectivity index (χ0n) is 16.6. The van der Waals surface area contributed by atoms with Gasteiger partial charge in [-0.3, -0.25) is 4.79 Å². The Hall–Kier alpha value is -1.87. The maximum atomic E-state index is 11.1. The number of ether oxygens (including phenoxy) is 1. The smallest absolute Gasteiger partial charge is 0.305 e. The second-order valence-corrected chi connectivity index (χ2v) is 7.51. The number of allylic oxidation sites excluding steroid dienone is 3. The molecular weight excluding hydrogens is 336 g/mol. The van der Waals surface area contributed by atoms with Gasteiger partial charge in [0, 0.05) is 6.42 Å². The number of unbranched alkanes of at least 4 members (excludes halogenated alkanes) is 1. The van der Waals surface area contributed by atoms with Gasteiger partial charge in [-0.05, 0) is 62.3 Å². The fraction of sp³-hybridized carbons (Fsp3) is 0.542. The van der Waals surface area contributed by atoms with Crippen LogP contribution in [-0.2, 0) is 16.0 Å². The fourth-order valence-corrected chi connectivity index (χ4v) is 3.79. The Morgan fingerprint density at radius 3 is 2.85 bits per heavy atom. The number of esters is 1. The van der Waals surface area contributed by atoms with Crippen LogP contribution in [0, 0.1) is 11.8 Å². The van der Waals surface area contributed by atoms with E-state index in [1.54, 1.807) is 0 Å². The van der Waals surface area contributed by atoms with Crippen LogP contribution in [0.15, 0.2) is 54.6 Å². The molecule has 1 saturated carbocycles. The molecule has 0 aliphatic heterocycles. The fourth-order valence-electron chi connectivity index (χ4n) is 3.79. The summed E-state index contributed by atoms with van der Waals surface area (Å²) in [4.78, 5) is 11.1. The Kier molecular flexibility index (Phi) is 9.93. The quantitative estimate of drug-likeness (QED) is 0.329. The molecule has 0 saturated heterocycles. The Labute approximate surface area is 164 Å². The topological polar surface area (TPSA) is 46.5 Å². The Balaban J connectivity index is 1.67. The van der Waals surface area contributed by atoms with Crippen LogP contribution < -0.4 is 0 Å². The number of rotatable bonds is 11. The van der Waals surface area contributed by atoms with E-state index in [2.05, 4.69) is 35.1 Å². The molecule has 148 valence electrons. The molecule has 0 amide bonds. The number of carbonyl (C=O) groups excluding carboxylic acids is 1. The number of carbonyl (C=O) groups is 1. The summed E-state index contributed by atoms with van der Waals surface area (Å²) >= 11 is 0. The molecule has 1 unspecified atom stereocenters. The van der Waals surface area contributed by atoms with Gasteiger partial charge in [-0.2, -0.15) is 0 Å². The highest BCUT2D eigenvalue weighted by Crippen LogP contribution is 2.35. The normalized spacial score (nSPS) is 21.1. The predicted octanol–water partition coefficient (Wildman–Crippen LogP) is 5.24. The Morgan fingerprint density at radius 2 is 2.07 bits per heavy atom. The summed E-state index contributed by atoms with van der Waals surface area (Å²) in [6, 6.07) is 10.3. The number of hydrogen-bond donors (Lipinski definition) is 1. The van der Waals surface area contributed by atoms with Crippen molar-refractivity contribution in [2.75, 3.05) is 7.11 Å². The molecule has 1 fully saturated rings. The highest BCUT2D eigenvalue weighted by molar-refractivity contribution is 5.69. The third kappa shape index (κ3) is 8.57. The highest BCUT2D eigenvalue weighted by Gasteiger charge is 2.24. The van der Waals surface area contributed by atoms with Crippen LogP contribution in [0.4, 0.5) is 0 Å². The molecule has 1 aromatic carbocycles. The van der Waals surface area contributed by atoms with Crippen molar-refractivity contribution in [1.29, 1.82) is 0 Å². The lowest BCUT2D eigenvalue weighted by Crippen LogP contribution is -2.08. The summed E-state index contributed by atoms with van der Waals surface area (Å²) in [7, 11) is 1.44. The lowest BCUT2D eigenvalue weighted by molar-refractivity contribution is -0.140. The van der Waals surface area contributed by atoms with Crippen molar-refractivity contribution in [2.24, 2.45) is 11.8 Å². The van der Waals surface area contributed by atoms with Crippen molar-refractivity contribution in [3.05, 3.63) is 60.2 Å². The van der Waals surface area contributed by atoms with E-state index in [4.69, 9.17) is 0 Å². The first-order chi connectivity index (χ1) is 13.2. The summed E-state index contributed by atoms with van der Waals surface area (Å²) in [5.41, 5.74) is 1.28. The molecule has 2 rings (SSSR count). The van der Waals surface area contributed by atoms with Gasteiger partial charge in [-0.25, -0.2) is 0 Å². The highest BCUT2D eigenvalue weighted by atomic mass is 16.5. The maximum absolute atomic E-state index is 11.1. The average molecular weight is 371 g/mol. The van der Waals surface area contributed by atoms with Crippen LogP contribution in [0.25, 0.3) is 0 Å². The largest absolute Gasteiger partial charge is 0.469 e. The van der Waals surface area contributed by atoms with Gasteiger partial charge in [0.15, 0.2) is 0 Å². The van der Waals surface area contributed by atoms with Crippen LogP contribution in [0.5, 0.6) is 0 Å². The molecule has 1 aliphatic rings. The molecule has 3 nitrogen and oxygen atoms in total. The Morgan fingerprint density at radius 1 is 1.26 bits per heavy atom. The van der Waals surface area contributed by atoms with Crippen LogP contribution in [-0.4, -0.2) is 24.3 Å². The van der Waals surface area contributed by atoms with E-state index in [1.807, 2.05) is 24.3 Å². The molecule has 0 bridgehead atoms. The molecule has 0 spiro atoms. The van der Waals surface area contributed by atoms with Gasteiger partial charge in [0.25, 0.3) is 0 Å². The average Bonchev–Trinajstić information content (AvgIpc) is 3.15. The van der Waals surface area contributed by atoms with Gasteiger partial charge in [0.2, 0.25) is 0 Å². The van der Waals surface area contributed by atoms with Crippen LogP contribution in [0.3, 0.4) is 0 Å². The molecular formula is C24H34O3. The van der Waals surface area contributed by atoms with Gasteiger partial charge < -0.3 is 9.84 Å². The summed E-state index contributed by atoms with van der Waals surface area (Å²) in [5.74, 6) is 1.13. The van der Waals surface area contributed by atoms with E-state index in [9.17, 15) is 9.90 Å². The molecule has 0 aromatic heterocycles. The van der Waals surface area contributed by atoms with E-state index in [0.29, 0.717) is 18.3 Å². The second-order valence-electron chi connectivity index (χ2n) is 7.51. The minimum absolute atomic E-state index is 0.129. The van der Waals surface area contributed by atoms with Crippen molar-refractivity contribution in [3.8, 4) is 0 Å². The zero-order valence-corrected chi connectivity index (χ0v) is 16.6. The maximum Gasteiger partial charge on any atom is 0.305 e. The summed E-state index contributed by atoms with van der Waals surface area (Å²) in [6.07, 6.45) is 17.2. The van der Waals surface area contributed by atoms with Crippen LogP contribution >= 0.6 is 0 Å². The van der Waals surface area contributed by atoms with E-state index in [0.717, 1.165) is 32.1 Å². The molecule has 1 aromatic rings. The van der Waals surface area contributed by atoms with Crippen molar-refractivity contribution in [3.63, 3.8) is 0 Å². The summed E-state index contributed by atoms with van der Waals surface area (Å²) in [5, 5.41) is 10.3. The summed E-state index contributed by atoms with van der Waals surface area (Å²) in [6.45, 7) is 0. The minimum atomic E-state index is -0.361. The predicted molar refractivity (Wildman–Crippen MR) is 110 cm³/mol. The first kappa shape index (κ1) is 21.4. The Bertz CT molecular complexity index is 591. The molecule has 1 aliphatic carbocycles. The molecule has 3 atom stereocenters. The lowest BCUT2D eigenvalue weighted by Gasteiger charge is -2.15. The third-order valence-electron chi connectivity index (χ3n) is 5.45. The van der Waals surface area contributed by atoms with Crippen molar-refractivity contribution in [2.45, 2.75) is 63.9 Å². The first-order valence-corrected chi connectivity index (χ1v) is 10.3. The SMILES string of the molecule is COC(=O)CCC/C=C\C[C@H]1CCCC1/C=C/[C@@H](O)CCc1ccccc1. The number of aliphatic hydroxyl groups excluding tert-OH is 1. The number of methoxy groups -OCH3 is 1. The van der Waals surface area contributed by atoms with Gasteiger partial charge in [-0.15, -0.1) is 0 Å². The monoisotopic (exact) mass is 370 g/mol. The van der Waals surface area contributed by atoms with Gasteiger partial charge in [-0.1, -0.05) is 61.1 Å². The van der Waals surface area contributed by atoms with E-state index in [-0.39, 0.29) is 12.1 Å². The van der Waals surface area contributed by atoms with E-state index >= 15 is 0 Å². The number of aliphatic hydroxyl groups is 1. The van der Waals surface area contributed by atoms with Gasteiger partial charge in [0.1, 0.15) is 0 Å². The standard InChI is InChI=1S/C24H34O3/c1-27-24(26)15-8-3-2-7-12-21-13-9-14-22(21)17-19-23(25)18-16-20-10-5-4-6-11-20/h2,4-7,10-11,17,19,21-23,25H,3,8-9,12-16,18H2,1H3/b7-2-,19-17+/t21-,22?,23-/m0/s1. The first-order valence-electron chi connectivity index (χ1n) is 10.3. The van der Waals surface area contributed by atoms with Crippen molar-refractivity contribution in [1.82, 2.24) is 0 Å². The molecule has 27 heavy (non-hydrogen) atoms. The number of hydrogen-bond acceptors (Lipinski definition) is 3. The zero-order chi connectivity index (χ0) is 19.3. The van der Waals surface area contributed by atoms with Crippen LogP contribution in [0.1, 0.15) is 56.9 Å². The molecule has 0 heterocycles. The molecule has 0 radical (unpaired) electrons. The number of aryl methyl sites for hydroxylation is 1. The van der Waals surface area contributed by atoms with Crippen LogP contribution in [0.2, 0.25) is 0 Å². The third-order valence-corrected chi connectivity index (χ3v) is 5.45. The number of benzene rings is 1.